The van der Waals surface area contributed by atoms with Gasteiger partial charge in [-0.3, -0.25) is 9.78 Å². The number of para-hydroxylation sites is 1. The highest BCUT2D eigenvalue weighted by Gasteiger charge is 2.30. The minimum Gasteiger partial charge on any atom is -0.379 e. The fourth-order valence-corrected chi connectivity index (χ4v) is 3.77. The summed E-state index contributed by atoms with van der Waals surface area (Å²) in [5.74, 6) is 0.235. The van der Waals surface area contributed by atoms with Crippen LogP contribution in [-0.4, -0.2) is 56.5 Å². The standard InChI is InChI=1S/C21H25N3O3/c25-21(18-3-1-2-4-20(18)24-9-11-26-12-10-24)23-19-15-27-14-17(19)13-16-5-7-22-8-6-16/h1-8,17,19H,9-15H2,(H,23,25)/t17-,19+/m1/s1. The largest absolute Gasteiger partial charge is 0.379 e. The minimum absolute atomic E-state index is 0.0170. The number of pyridine rings is 1. The first-order valence-corrected chi connectivity index (χ1v) is 9.50. The third-order valence-corrected chi connectivity index (χ3v) is 5.26. The highest BCUT2D eigenvalue weighted by Crippen LogP contribution is 2.23. The maximum atomic E-state index is 13.0. The van der Waals surface area contributed by atoms with Gasteiger partial charge in [-0.2, -0.15) is 0 Å². The summed E-state index contributed by atoms with van der Waals surface area (Å²) in [6, 6.07) is 11.9. The second kappa shape index (κ2) is 8.50. The van der Waals surface area contributed by atoms with Gasteiger partial charge in [-0.25, -0.2) is 0 Å². The molecule has 2 fully saturated rings. The maximum Gasteiger partial charge on any atom is 0.253 e. The van der Waals surface area contributed by atoms with Crippen molar-refractivity contribution >= 4 is 11.6 Å². The lowest BCUT2D eigenvalue weighted by atomic mass is 9.95. The minimum atomic E-state index is -0.0349. The molecule has 2 atom stereocenters. The van der Waals surface area contributed by atoms with E-state index in [4.69, 9.17) is 9.47 Å². The van der Waals surface area contributed by atoms with E-state index in [0.717, 1.165) is 25.2 Å². The van der Waals surface area contributed by atoms with Crippen LogP contribution in [-0.2, 0) is 15.9 Å². The van der Waals surface area contributed by atoms with Crippen molar-refractivity contribution in [1.29, 1.82) is 0 Å². The molecule has 0 aliphatic carbocycles. The Bertz CT molecular complexity index is 762. The van der Waals surface area contributed by atoms with Crippen molar-refractivity contribution in [2.75, 3.05) is 44.4 Å². The normalized spacial score (nSPS) is 22.6. The number of nitrogens with one attached hydrogen (secondary N) is 1. The molecule has 0 unspecified atom stereocenters. The Morgan fingerprint density at radius 3 is 2.67 bits per heavy atom. The number of nitrogens with zero attached hydrogens (tertiary/aromatic N) is 2. The first-order chi connectivity index (χ1) is 13.3. The van der Waals surface area contributed by atoms with Gasteiger partial charge in [0, 0.05) is 37.1 Å². The average molecular weight is 367 g/mol. The van der Waals surface area contributed by atoms with E-state index in [1.165, 1.54) is 5.56 Å². The molecule has 0 spiro atoms. The van der Waals surface area contributed by atoms with Crippen molar-refractivity contribution in [2.45, 2.75) is 12.5 Å². The first kappa shape index (κ1) is 17.9. The number of aromatic nitrogens is 1. The molecule has 1 aromatic heterocycles. The average Bonchev–Trinajstić information content (AvgIpc) is 3.16. The molecule has 2 aliphatic rings. The van der Waals surface area contributed by atoms with Crippen molar-refractivity contribution < 1.29 is 14.3 Å². The molecular weight excluding hydrogens is 342 g/mol. The van der Waals surface area contributed by atoms with Crippen LogP contribution in [0.2, 0.25) is 0 Å². The Balaban J connectivity index is 1.45. The second-order valence-corrected chi connectivity index (χ2v) is 7.05. The van der Waals surface area contributed by atoms with Gasteiger partial charge < -0.3 is 19.7 Å². The van der Waals surface area contributed by atoms with Crippen LogP contribution >= 0.6 is 0 Å². The van der Waals surface area contributed by atoms with Gasteiger partial charge in [0.05, 0.1) is 38.0 Å². The lowest BCUT2D eigenvalue weighted by molar-refractivity contribution is 0.0923. The number of anilines is 1. The van der Waals surface area contributed by atoms with E-state index >= 15 is 0 Å². The third kappa shape index (κ3) is 4.28. The van der Waals surface area contributed by atoms with Crippen LogP contribution in [0.5, 0.6) is 0 Å². The Labute approximate surface area is 159 Å². The van der Waals surface area contributed by atoms with Gasteiger partial charge in [0.1, 0.15) is 0 Å². The molecule has 6 nitrogen and oxygen atoms in total. The summed E-state index contributed by atoms with van der Waals surface area (Å²) in [6.07, 6.45) is 4.48. The number of hydrogen-bond donors (Lipinski definition) is 1. The van der Waals surface area contributed by atoms with Crippen molar-refractivity contribution in [3.8, 4) is 0 Å². The molecule has 0 saturated carbocycles. The summed E-state index contributed by atoms with van der Waals surface area (Å²) >= 11 is 0. The zero-order chi connectivity index (χ0) is 18.5. The molecular formula is C21H25N3O3. The highest BCUT2D eigenvalue weighted by molar-refractivity contribution is 6.00. The molecule has 1 N–H and O–H groups in total. The van der Waals surface area contributed by atoms with E-state index < -0.39 is 0 Å². The monoisotopic (exact) mass is 367 g/mol. The van der Waals surface area contributed by atoms with Crippen LogP contribution in [0.15, 0.2) is 48.8 Å². The van der Waals surface area contributed by atoms with Crippen molar-refractivity contribution in [2.24, 2.45) is 5.92 Å². The number of carbonyl (C=O) groups excluding carboxylic acids is 1. The smallest absolute Gasteiger partial charge is 0.253 e. The fourth-order valence-electron chi connectivity index (χ4n) is 3.77. The predicted molar refractivity (Wildman–Crippen MR) is 103 cm³/mol. The van der Waals surface area contributed by atoms with Crippen molar-refractivity contribution in [3.63, 3.8) is 0 Å². The van der Waals surface area contributed by atoms with Crippen LogP contribution in [0.25, 0.3) is 0 Å². The SMILES string of the molecule is O=C(N[C@H]1COC[C@H]1Cc1ccncc1)c1ccccc1N1CCOCC1. The molecule has 2 aromatic rings. The zero-order valence-corrected chi connectivity index (χ0v) is 15.3. The number of rotatable bonds is 5. The molecule has 3 heterocycles. The van der Waals surface area contributed by atoms with E-state index in [-0.39, 0.29) is 17.9 Å². The summed E-state index contributed by atoms with van der Waals surface area (Å²) in [6.45, 7) is 4.23. The molecule has 27 heavy (non-hydrogen) atoms. The van der Waals surface area contributed by atoms with Crippen LogP contribution in [0.1, 0.15) is 15.9 Å². The molecule has 4 rings (SSSR count). The van der Waals surface area contributed by atoms with Gasteiger partial charge in [-0.15, -0.1) is 0 Å². The number of morpholine rings is 1. The second-order valence-electron chi connectivity index (χ2n) is 7.05. The molecule has 6 heteroatoms. The lowest BCUT2D eigenvalue weighted by Crippen LogP contribution is -2.42. The summed E-state index contributed by atoms with van der Waals surface area (Å²) in [4.78, 5) is 19.3. The maximum absolute atomic E-state index is 13.0. The number of amides is 1. The fraction of sp³-hybridized carbons (Fsp3) is 0.429. The quantitative estimate of drug-likeness (QED) is 0.875. The van der Waals surface area contributed by atoms with Gasteiger partial charge in [-0.1, -0.05) is 12.1 Å². The molecule has 1 amide bonds. The van der Waals surface area contributed by atoms with Gasteiger partial charge in [-0.05, 0) is 36.2 Å². The molecule has 1 aromatic carbocycles. The van der Waals surface area contributed by atoms with Crippen LogP contribution in [0.3, 0.4) is 0 Å². The molecule has 2 aliphatic heterocycles. The van der Waals surface area contributed by atoms with E-state index in [0.29, 0.717) is 32.0 Å². The summed E-state index contributed by atoms with van der Waals surface area (Å²) < 4.78 is 11.1. The van der Waals surface area contributed by atoms with Gasteiger partial charge in [0.2, 0.25) is 0 Å². The first-order valence-electron chi connectivity index (χ1n) is 9.50. The molecule has 0 radical (unpaired) electrons. The predicted octanol–water partition coefficient (Wildman–Crippen LogP) is 1.91. The van der Waals surface area contributed by atoms with Crippen LogP contribution in [0.4, 0.5) is 5.69 Å². The summed E-state index contributed by atoms with van der Waals surface area (Å²) in [5, 5.41) is 3.21. The highest BCUT2D eigenvalue weighted by atomic mass is 16.5. The molecule has 2 saturated heterocycles. The number of ether oxygens (including phenoxy) is 2. The van der Waals surface area contributed by atoms with E-state index in [1.807, 2.05) is 36.4 Å². The van der Waals surface area contributed by atoms with Crippen molar-refractivity contribution in [3.05, 3.63) is 59.9 Å². The number of hydrogen-bond acceptors (Lipinski definition) is 5. The molecule has 0 bridgehead atoms. The summed E-state index contributed by atoms with van der Waals surface area (Å²) in [7, 11) is 0. The Hall–Kier alpha value is -2.44. The summed E-state index contributed by atoms with van der Waals surface area (Å²) in [5.41, 5.74) is 2.91. The Morgan fingerprint density at radius 1 is 1.07 bits per heavy atom. The Morgan fingerprint density at radius 2 is 1.85 bits per heavy atom. The number of benzene rings is 1. The van der Waals surface area contributed by atoms with Crippen LogP contribution in [0, 0.1) is 5.92 Å². The molecule has 142 valence electrons. The number of carbonyl (C=O) groups is 1. The van der Waals surface area contributed by atoms with E-state index in [2.05, 4.69) is 15.2 Å². The van der Waals surface area contributed by atoms with Gasteiger partial charge in [0.25, 0.3) is 5.91 Å². The van der Waals surface area contributed by atoms with E-state index in [1.54, 1.807) is 12.4 Å². The topological polar surface area (TPSA) is 63.7 Å². The lowest BCUT2D eigenvalue weighted by Gasteiger charge is -2.30. The van der Waals surface area contributed by atoms with Gasteiger partial charge >= 0.3 is 0 Å². The Kier molecular flexibility index (Phi) is 5.65. The van der Waals surface area contributed by atoms with Crippen molar-refractivity contribution in [1.82, 2.24) is 10.3 Å². The zero-order valence-electron chi connectivity index (χ0n) is 15.3. The van der Waals surface area contributed by atoms with Crippen LogP contribution < -0.4 is 10.2 Å². The van der Waals surface area contributed by atoms with Gasteiger partial charge in [0.15, 0.2) is 0 Å². The third-order valence-electron chi connectivity index (χ3n) is 5.26. The van der Waals surface area contributed by atoms with E-state index in [9.17, 15) is 4.79 Å².